The molecule has 0 saturated heterocycles. The van der Waals surface area contributed by atoms with Crippen molar-refractivity contribution in [1.29, 1.82) is 0 Å². The Bertz CT molecular complexity index is 4570. The van der Waals surface area contributed by atoms with E-state index in [2.05, 4.69) is 282 Å². The minimum absolute atomic E-state index is 0.864. The van der Waals surface area contributed by atoms with Gasteiger partial charge >= 0.3 is 0 Å². The first-order valence-electron chi connectivity index (χ1n) is 25.7. The molecule has 3 heteroatoms. The molecule has 15 aromatic rings. The largest absolute Gasteiger partial charge is 0.456 e. The predicted octanol–water partition coefficient (Wildman–Crippen LogP) is 19.8. The molecule has 0 radical (unpaired) electrons. The van der Waals surface area contributed by atoms with Crippen LogP contribution in [0.15, 0.2) is 283 Å². The number of hydrogen-bond acceptors (Lipinski definition) is 1. The van der Waals surface area contributed by atoms with Crippen LogP contribution in [0.1, 0.15) is 0 Å². The lowest BCUT2D eigenvalue weighted by molar-refractivity contribution is 0.669. The number of fused-ring (bicyclic) bond motifs is 9. The van der Waals surface area contributed by atoms with Crippen molar-refractivity contribution in [3.63, 3.8) is 0 Å². The molecule has 0 atom stereocenters. The molecule has 0 saturated carbocycles. The summed E-state index contributed by atoms with van der Waals surface area (Å²) in [7, 11) is 0. The average molecular weight is 955 g/mol. The Kier molecular flexibility index (Phi) is 9.89. The van der Waals surface area contributed by atoms with Crippen LogP contribution in [0.4, 0.5) is 0 Å². The monoisotopic (exact) mass is 954 g/mol. The van der Waals surface area contributed by atoms with E-state index in [-0.39, 0.29) is 0 Å². The summed E-state index contributed by atoms with van der Waals surface area (Å²) in [6.07, 6.45) is 0. The predicted molar refractivity (Wildman–Crippen MR) is 315 cm³/mol. The van der Waals surface area contributed by atoms with E-state index in [1.807, 2.05) is 6.07 Å². The van der Waals surface area contributed by atoms with E-state index in [0.717, 1.165) is 83.0 Å². The van der Waals surface area contributed by atoms with E-state index in [1.165, 1.54) is 60.7 Å². The molecule has 3 aromatic heterocycles. The van der Waals surface area contributed by atoms with Crippen LogP contribution in [0, 0.1) is 0 Å². The van der Waals surface area contributed by atoms with Crippen molar-refractivity contribution in [2.45, 2.75) is 0 Å². The lowest BCUT2D eigenvalue weighted by atomic mass is 9.87. The topological polar surface area (TPSA) is 23.0 Å². The van der Waals surface area contributed by atoms with Crippen LogP contribution >= 0.6 is 0 Å². The molecule has 0 bridgehead atoms. The molecule has 0 aliphatic rings. The highest BCUT2D eigenvalue weighted by Gasteiger charge is 2.25. The van der Waals surface area contributed by atoms with Crippen molar-refractivity contribution in [2.75, 3.05) is 0 Å². The second-order valence-electron chi connectivity index (χ2n) is 19.6. The van der Waals surface area contributed by atoms with Gasteiger partial charge in [-0.2, -0.15) is 0 Å². The number of nitrogens with zero attached hydrogens (tertiary/aromatic N) is 2. The van der Waals surface area contributed by atoms with Crippen LogP contribution in [0.3, 0.4) is 0 Å². The Balaban J connectivity index is 1.12. The van der Waals surface area contributed by atoms with Crippen LogP contribution in [0.25, 0.3) is 144 Å². The van der Waals surface area contributed by atoms with Crippen molar-refractivity contribution >= 4 is 65.6 Å². The van der Waals surface area contributed by atoms with Crippen LogP contribution in [0.5, 0.6) is 0 Å². The summed E-state index contributed by atoms with van der Waals surface area (Å²) in [5, 5.41) is 6.94. The van der Waals surface area contributed by atoms with Crippen LogP contribution in [-0.4, -0.2) is 9.13 Å². The molecule has 350 valence electrons. The van der Waals surface area contributed by atoms with Gasteiger partial charge in [0.25, 0.3) is 0 Å². The molecule has 0 N–H and O–H groups in total. The molecule has 0 amide bonds. The molecule has 15 rings (SSSR count). The standard InChI is InChI=1S/C72H46N2O/c1-5-20-47(21-6-1)51-36-39-55(48-22-7-2-8-23-48)62(42-51)53-44-67-72(68(45-53)74-64-33-16-13-28-58(64)59-29-14-17-34-65(59)74)61-40-37-52(43-66(61)73(67)54-38-41-70-63(46-54)60-30-15-18-35-69(60)75-70)71-56(49-24-9-3-10-25-49)31-19-32-57(71)50-26-11-4-12-27-50/h1-46H. The van der Waals surface area contributed by atoms with Crippen molar-refractivity contribution in [3.8, 4) is 78.1 Å². The number of hydrogen-bond donors (Lipinski definition) is 0. The highest BCUT2D eigenvalue weighted by atomic mass is 16.3. The van der Waals surface area contributed by atoms with Crippen LogP contribution < -0.4 is 0 Å². The van der Waals surface area contributed by atoms with E-state index < -0.39 is 0 Å². The van der Waals surface area contributed by atoms with Gasteiger partial charge in [0.2, 0.25) is 0 Å². The fourth-order valence-electron chi connectivity index (χ4n) is 12.0. The Morgan fingerprint density at radius 1 is 0.240 bits per heavy atom. The van der Waals surface area contributed by atoms with Gasteiger partial charge in [-0.15, -0.1) is 0 Å². The van der Waals surface area contributed by atoms with Gasteiger partial charge in [-0.05, 0) is 127 Å². The smallest absolute Gasteiger partial charge is 0.135 e. The summed E-state index contributed by atoms with van der Waals surface area (Å²) in [6.45, 7) is 0. The lowest BCUT2D eigenvalue weighted by Gasteiger charge is -2.18. The minimum Gasteiger partial charge on any atom is -0.456 e. The highest BCUT2D eigenvalue weighted by molar-refractivity contribution is 6.19. The maximum atomic E-state index is 6.50. The zero-order valence-electron chi connectivity index (χ0n) is 40.9. The van der Waals surface area contributed by atoms with E-state index in [1.54, 1.807) is 0 Å². The SMILES string of the molecule is c1ccc(-c2ccc(-c3ccccc3)c(-c3cc(-n4c5ccccc5c5ccccc54)c4c5ccc(-c6c(-c7ccccc7)cccc6-c6ccccc6)cc5n(-c5ccc6oc7ccccc7c6c5)c4c3)c2)cc1. The molecule has 3 heterocycles. The molecular weight excluding hydrogens is 909 g/mol. The van der Waals surface area contributed by atoms with Gasteiger partial charge in [0.05, 0.1) is 27.8 Å². The van der Waals surface area contributed by atoms with Gasteiger partial charge in [0.15, 0.2) is 0 Å². The van der Waals surface area contributed by atoms with Crippen LogP contribution in [-0.2, 0) is 0 Å². The highest BCUT2D eigenvalue weighted by Crippen LogP contribution is 2.48. The number of para-hydroxylation sites is 3. The number of benzene rings is 12. The molecular formula is C72H46N2O. The quantitative estimate of drug-likeness (QED) is 0.149. The van der Waals surface area contributed by atoms with Gasteiger partial charge in [-0.25, -0.2) is 0 Å². The molecule has 0 unspecified atom stereocenters. The Morgan fingerprint density at radius 3 is 1.43 bits per heavy atom. The molecule has 0 spiro atoms. The van der Waals surface area contributed by atoms with E-state index in [4.69, 9.17) is 4.42 Å². The van der Waals surface area contributed by atoms with Gasteiger partial charge in [0, 0.05) is 38.0 Å². The normalized spacial score (nSPS) is 11.7. The maximum Gasteiger partial charge on any atom is 0.135 e. The average Bonchev–Trinajstić information content (AvgIpc) is 4.24. The van der Waals surface area contributed by atoms with E-state index in [9.17, 15) is 0 Å². The summed E-state index contributed by atoms with van der Waals surface area (Å²) in [5.74, 6) is 0. The first-order chi connectivity index (χ1) is 37.2. The van der Waals surface area contributed by atoms with Gasteiger partial charge in [-0.1, -0.05) is 218 Å². The maximum absolute atomic E-state index is 6.50. The first-order valence-corrected chi connectivity index (χ1v) is 25.7. The third-order valence-electron chi connectivity index (χ3n) is 15.3. The fourth-order valence-corrected chi connectivity index (χ4v) is 12.0. The summed E-state index contributed by atoms with van der Waals surface area (Å²) in [6, 6.07) is 102. The summed E-state index contributed by atoms with van der Waals surface area (Å²) in [4.78, 5) is 0. The second-order valence-corrected chi connectivity index (χ2v) is 19.6. The third-order valence-corrected chi connectivity index (χ3v) is 15.3. The Hall–Kier alpha value is -9.96. The molecule has 0 aliphatic carbocycles. The van der Waals surface area contributed by atoms with Crippen molar-refractivity contribution < 1.29 is 4.42 Å². The van der Waals surface area contributed by atoms with Gasteiger partial charge in [-0.3, -0.25) is 0 Å². The van der Waals surface area contributed by atoms with Crippen molar-refractivity contribution in [1.82, 2.24) is 9.13 Å². The molecule has 12 aromatic carbocycles. The number of furan rings is 1. The third kappa shape index (κ3) is 6.97. The first kappa shape index (κ1) is 42.7. The van der Waals surface area contributed by atoms with E-state index >= 15 is 0 Å². The van der Waals surface area contributed by atoms with E-state index in [0.29, 0.717) is 0 Å². The Morgan fingerprint density at radius 2 is 0.773 bits per heavy atom. The fraction of sp³-hybridized carbons (Fsp3) is 0. The number of aromatic nitrogens is 2. The number of rotatable bonds is 8. The summed E-state index contributed by atoms with van der Waals surface area (Å²) in [5.41, 5.74) is 22.4. The van der Waals surface area contributed by atoms with Crippen molar-refractivity contribution in [2.24, 2.45) is 0 Å². The van der Waals surface area contributed by atoms with Crippen LogP contribution in [0.2, 0.25) is 0 Å². The zero-order valence-corrected chi connectivity index (χ0v) is 40.9. The molecule has 75 heavy (non-hydrogen) atoms. The second kappa shape index (κ2) is 17.4. The lowest BCUT2D eigenvalue weighted by Crippen LogP contribution is -1.99. The van der Waals surface area contributed by atoms with Crippen molar-refractivity contribution in [3.05, 3.63) is 279 Å². The molecule has 0 fully saturated rings. The van der Waals surface area contributed by atoms with Gasteiger partial charge in [0.1, 0.15) is 11.2 Å². The molecule has 0 aliphatic heterocycles. The summed E-state index contributed by atoms with van der Waals surface area (Å²) >= 11 is 0. The zero-order chi connectivity index (χ0) is 49.4. The van der Waals surface area contributed by atoms with Gasteiger partial charge < -0.3 is 13.6 Å². The Labute approximate surface area is 434 Å². The minimum atomic E-state index is 0.864. The molecule has 3 nitrogen and oxygen atoms in total. The summed E-state index contributed by atoms with van der Waals surface area (Å²) < 4.78 is 11.5.